The Labute approximate surface area is 143 Å². The lowest BCUT2D eigenvalue weighted by Crippen LogP contribution is -2.36. The van der Waals surface area contributed by atoms with Crippen LogP contribution < -0.4 is 10.2 Å². The Hall–Kier alpha value is -1.67. The van der Waals surface area contributed by atoms with Gasteiger partial charge in [0.1, 0.15) is 5.69 Å². The molecule has 1 amide bonds. The van der Waals surface area contributed by atoms with Gasteiger partial charge in [0.15, 0.2) is 9.84 Å². The maximum Gasteiger partial charge on any atom is 0.269 e. The van der Waals surface area contributed by atoms with E-state index in [0.717, 1.165) is 12.1 Å². The van der Waals surface area contributed by atoms with Crippen molar-refractivity contribution in [1.82, 2.24) is 10.3 Å². The molecule has 0 aromatic carbocycles. The Bertz CT molecular complexity index is 663. The lowest BCUT2D eigenvalue weighted by Gasteiger charge is -2.29. The van der Waals surface area contributed by atoms with Crippen molar-refractivity contribution >= 4 is 21.4 Å². The highest BCUT2D eigenvalue weighted by Crippen LogP contribution is 2.24. The molecule has 24 heavy (non-hydrogen) atoms. The van der Waals surface area contributed by atoms with E-state index in [9.17, 15) is 13.2 Å². The number of amides is 1. The third kappa shape index (κ3) is 4.91. The number of sulfone groups is 1. The third-order valence-corrected chi connectivity index (χ3v) is 5.86. The summed E-state index contributed by atoms with van der Waals surface area (Å²) in [6.45, 7) is 3.78. The van der Waals surface area contributed by atoms with E-state index in [1.165, 1.54) is 0 Å². The van der Waals surface area contributed by atoms with Gasteiger partial charge in [0.05, 0.1) is 11.5 Å². The first-order valence-electron chi connectivity index (χ1n) is 8.17. The van der Waals surface area contributed by atoms with Crippen molar-refractivity contribution < 1.29 is 17.9 Å². The minimum absolute atomic E-state index is 0.0417. The van der Waals surface area contributed by atoms with Gasteiger partial charge in [0.25, 0.3) is 5.91 Å². The van der Waals surface area contributed by atoms with Crippen LogP contribution in [0.2, 0.25) is 0 Å². The van der Waals surface area contributed by atoms with Crippen LogP contribution in [0.15, 0.2) is 18.3 Å². The van der Waals surface area contributed by atoms with E-state index >= 15 is 0 Å². The molecular formula is C16H25N3O4S. The predicted octanol–water partition coefficient (Wildman–Crippen LogP) is 0.861. The molecule has 1 aromatic heterocycles. The molecule has 2 rings (SSSR count). The van der Waals surface area contributed by atoms with E-state index in [1.807, 2.05) is 17.9 Å². The number of methoxy groups -OCH3 is 1. The van der Waals surface area contributed by atoms with Crippen molar-refractivity contribution in [3.05, 3.63) is 24.0 Å². The molecule has 1 fully saturated rings. The quantitative estimate of drug-likeness (QED) is 0.696. The van der Waals surface area contributed by atoms with Gasteiger partial charge in [-0.15, -0.1) is 0 Å². The average molecular weight is 355 g/mol. The highest BCUT2D eigenvalue weighted by Gasteiger charge is 2.32. The maximum atomic E-state index is 12.2. The van der Waals surface area contributed by atoms with E-state index in [0.29, 0.717) is 31.8 Å². The second-order valence-electron chi connectivity index (χ2n) is 5.84. The van der Waals surface area contributed by atoms with Gasteiger partial charge in [0, 0.05) is 44.7 Å². The van der Waals surface area contributed by atoms with Gasteiger partial charge in [0.2, 0.25) is 0 Å². The molecule has 0 bridgehead atoms. The normalized spacial score (nSPS) is 19.2. The monoisotopic (exact) mass is 355 g/mol. The number of rotatable bonds is 8. The smallest absolute Gasteiger partial charge is 0.269 e. The summed E-state index contributed by atoms with van der Waals surface area (Å²) < 4.78 is 28.4. The maximum absolute atomic E-state index is 12.2. The first-order chi connectivity index (χ1) is 11.5. The van der Waals surface area contributed by atoms with Gasteiger partial charge >= 0.3 is 0 Å². The largest absolute Gasteiger partial charge is 0.385 e. The van der Waals surface area contributed by atoms with Crippen molar-refractivity contribution in [2.45, 2.75) is 25.8 Å². The van der Waals surface area contributed by atoms with E-state index in [1.54, 1.807) is 19.4 Å². The van der Waals surface area contributed by atoms with E-state index < -0.39 is 9.84 Å². The zero-order valence-corrected chi connectivity index (χ0v) is 15.0. The first-order valence-corrected chi connectivity index (χ1v) is 9.99. The molecule has 0 spiro atoms. The topological polar surface area (TPSA) is 88.6 Å². The predicted molar refractivity (Wildman–Crippen MR) is 93.1 cm³/mol. The fourth-order valence-corrected chi connectivity index (χ4v) is 4.63. The minimum atomic E-state index is -2.95. The van der Waals surface area contributed by atoms with Gasteiger partial charge in [-0.25, -0.2) is 8.42 Å². The number of carbonyl (C=O) groups excluding carboxylic acids is 1. The van der Waals surface area contributed by atoms with Crippen molar-refractivity contribution in [2.24, 2.45) is 0 Å². The average Bonchev–Trinajstić information content (AvgIpc) is 2.92. The molecule has 1 aliphatic heterocycles. The summed E-state index contributed by atoms with van der Waals surface area (Å²) in [5, 5.41) is 2.80. The number of ether oxygens (including phenoxy) is 1. The van der Waals surface area contributed by atoms with Gasteiger partial charge in [-0.2, -0.15) is 0 Å². The van der Waals surface area contributed by atoms with Crippen LogP contribution in [0.1, 0.15) is 30.3 Å². The molecule has 1 saturated heterocycles. The number of anilines is 1. The molecule has 8 heteroatoms. The van der Waals surface area contributed by atoms with Crippen LogP contribution in [0.5, 0.6) is 0 Å². The molecule has 0 aliphatic carbocycles. The van der Waals surface area contributed by atoms with Crippen molar-refractivity contribution in [3.63, 3.8) is 0 Å². The number of pyridine rings is 1. The molecule has 134 valence electrons. The number of hydrogen-bond donors (Lipinski definition) is 1. The number of hydrogen-bond acceptors (Lipinski definition) is 6. The molecule has 0 saturated carbocycles. The summed E-state index contributed by atoms with van der Waals surface area (Å²) in [7, 11) is -1.33. The molecule has 1 unspecified atom stereocenters. The van der Waals surface area contributed by atoms with E-state index in [4.69, 9.17) is 4.74 Å². The fraction of sp³-hybridized carbons (Fsp3) is 0.625. The van der Waals surface area contributed by atoms with Crippen LogP contribution in [-0.2, 0) is 14.6 Å². The number of aromatic nitrogens is 1. The molecule has 1 aliphatic rings. The summed E-state index contributed by atoms with van der Waals surface area (Å²) in [6, 6.07) is 3.50. The molecule has 1 N–H and O–H groups in total. The minimum Gasteiger partial charge on any atom is -0.385 e. The van der Waals surface area contributed by atoms with Crippen LogP contribution >= 0.6 is 0 Å². The van der Waals surface area contributed by atoms with Crippen LogP contribution in [-0.4, -0.2) is 63.7 Å². The van der Waals surface area contributed by atoms with E-state index in [2.05, 4.69) is 10.3 Å². The number of nitrogens with one attached hydrogen (secondary N) is 1. The number of carbonyl (C=O) groups is 1. The van der Waals surface area contributed by atoms with Gasteiger partial charge in [-0.05, 0) is 31.9 Å². The molecular weight excluding hydrogens is 330 g/mol. The van der Waals surface area contributed by atoms with Crippen LogP contribution in [0, 0.1) is 0 Å². The van der Waals surface area contributed by atoms with Crippen molar-refractivity contribution in [1.29, 1.82) is 0 Å². The van der Waals surface area contributed by atoms with Crippen molar-refractivity contribution in [2.75, 3.05) is 43.2 Å². The SMILES string of the molecule is CCN(c1ccnc(C(=O)NCCCOC)c1)C1CCS(=O)(=O)C1. The molecule has 7 nitrogen and oxygen atoms in total. The lowest BCUT2D eigenvalue weighted by molar-refractivity contribution is 0.0943. The molecule has 2 heterocycles. The van der Waals surface area contributed by atoms with Gasteiger partial charge in [-0.3, -0.25) is 9.78 Å². The lowest BCUT2D eigenvalue weighted by atomic mass is 10.2. The third-order valence-electron chi connectivity index (χ3n) is 4.11. The Balaban J connectivity index is 2.06. The summed E-state index contributed by atoms with van der Waals surface area (Å²) in [5.74, 6) is 0.163. The second kappa shape index (κ2) is 8.43. The first kappa shape index (κ1) is 18.7. The van der Waals surface area contributed by atoms with Gasteiger partial charge in [-0.1, -0.05) is 0 Å². The molecule has 1 atom stereocenters. The van der Waals surface area contributed by atoms with Crippen LogP contribution in [0.3, 0.4) is 0 Å². The Kier molecular flexibility index (Phi) is 6.56. The fourth-order valence-electron chi connectivity index (χ4n) is 2.90. The van der Waals surface area contributed by atoms with Crippen molar-refractivity contribution in [3.8, 4) is 0 Å². The highest BCUT2D eigenvalue weighted by molar-refractivity contribution is 7.91. The second-order valence-corrected chi connectivity index (χ2v) is 8.07. The summed E-state index contributed by atoms with van der Waals surface area (Å²) in [6.07, 6.45) is 2.95. The Morgan fingerprint density at radius 3 is 2.92 bits per heavy atom. The Morgan fingerprint density at radius 1 is 1.50 bits per heavy atom. The van der Waals surface area contributed by atoms with Crippen LogP contribution in [0.25, 0.3) is 0 Å². The Morgan fingerprint density at radius 2 is 2.29 bits per heavy atom. The summed E-state index contributed by atoms with van der Waals surface area (Å²) in [4.78, 5) is 18.3. The standard InChI is InChI=1S/C16H25N3O4S/c1-3-19(14-6-10-24(21,22)12-14)13-5-8-17-15(11-13)16(20)18-7-4-9-23-2/h5,8,11,14H,3-4,6-7,9-10,12H2,1-2H3,(H,18,20). The van der Waals surface area contributed by atoms with Gasteiger partial charge < -0.3 is 15.0 Å². The zero-order valence-electron chi connectivity index (χ0n) is 14.2. The molecule has 1 aromatic rings. The zero-order chi connectivity index (χ0) is 17.6. The van der Waals surface area contributed by atoms with Crippen LogP contribution in [0.4, 0.5) is 5.69 Å². The highest BCUT2D eigenvalue weighted by atomic mass is 32.2. The summed E-state index contributed by atoms with van der Waals surface area (Å²) >= 11 is 0. The molecule has 0 radical (unpaired) electrons. The number of nitrogens with zero attached hydrogens (tertiary/aromatic N) is 2. The summed E-state index contributed by atoms with van der Waals surface area (Å²) in [5.41, 5.74) is 1.17. The van der Waals surface area contributed by atoms with E-state index in [-0.39, 0.29) is 23.5 Å².